The van der Waals surface area contributed by atoms with Gasteiger partial charge < -0.3 is 9.47 Å². The number of nitrogens with zero attached hydrogens (tertiary/aromatic N) is 1. The van der Waals surface area contributed by atoms with E-state index in [1.807, 2.05) is 0 Å². The van der Waals surface area contributed by atoms with Gasteiger partial charge in [0.05, 0.1) is 17.0 Å². The lowest BCUT2D eigenvalue weighted by molar-refractivity contribution is -0.123. The molecule has 6 nitrogen and oxygen atoms in total. The average Bonchev–Trinajstić information content (AvgIpc) is 3.12. The number of thiocarbonyl (C=S) groups is 1. The van der Waals surface area contributed by atoms with Crippen LogP contribution in [-0.2, 0) is 11.4 Å². The summed E-state index contributed by atoms with van der Waals surface area (Å²) in [5.74, 6) is -0.211. The summed E-state index contributed by atoms with van der Waals surface area (Å²) in [7, 11) is 1.53. The molecule has 0 unspecified atom stereocenters. The second-order valence-corrected chi connectivity index (χ2v) is 9.33. The number of thioether (sulfide) groups is 1. The summed E-state index contributed by atoms with van der Waals surface area (Å²) in [6.07, 6.45) is 1.66. The Morgan fingerprint density at radius 2 is 1.80 bits per heavy atom. The van der Waals surface area contributed by atoms with Crippen LogP contribution in [0.2, 0.25) is 5.02 Å². The average molecular weight is 529 g/mol. The van der Waals surface area contributed by atoms with Crippen LogP contribution in [0.5, 0.6) is 11.5 Å². The molecule has 1 aliphatic heterocycles. The number of benzene rings is 3. The molecule has 2 amide bonds. The van der Waals surface area contributed by atoms with Crippen molar-refractivity contribution in [3.8, 4) is 11.5 Å². The van der Waals surface area contributed by atoms with Crippen molar-refractivity contribution in [2.24, 2.45) is 0 Å². The summed E-state index contributed by atoms with van der Waals surface area (Å²) in [5.41, 5.74) is 3.90. The molecule has 3 aromatic carbocycles. The molecule has 1 aliphatic rings. The van der Waals surface area contributed by atoms with Crippen LogP contribution in [0.1, 0.15) is 21.5 Å². The molecule has 0 aromatic heterocycles. The molecule has 3 aromatic rings. The van der Waals surface area contributed by atoms with Crippen molar-refractivity contribution in [3.05, 3.63) is 99.2 Å². The fraction of sp³-hybridized carbons (Fsp3) is 0.0800. The second-order valence-electron chi connectivity index (χ2n) is 7.24. The van der Waals surface area contributed by atoms with E-state index in [0.29, 0.717) is 27.0 Å². The first-order valence-electron chi connectivity index (χ1n) is 10.2. The fourth-order valence-corrected chi connectivity index (χ4v) is 4.51. The molecule has 0 aliphatic carbocycles. The summed E-state index contributed by atoms with van der Waals surface area (Å²) >= 11 is 12.4. The number of halogens is 2. The number of carbonyl (C=O) groups excluding carboxylic acids is 2. The van der Waals surface area contributed by atoms with Crippen LogP contribution in [0.3, 0.4) is 0 Å². The van der Waals surface area contributed by atoms with Gasteiger partial charge in [0.25, 0.3) is 11.8 Å². The van der Waals surface area contributed by atoms with Crippen LogP contribution in [0.25, 0.3) is 6.08 Å². The number of nitrogens with one attached hydrogen (secondary N) is 1. The molecule has 1 N–H and O–H groups in total. The van der Waals surface area contributed by atoms with Crippen molar-refractivity contribution in [2.75, 3.05) is 7.11 Å². The number of rotatable bonds is 7. The molecule has 0 spiro atoms. The lowest BCUT2D eigenvalue weighted by Gasteiger charge is -2.15. The summed E-state index contributed by atoms with van der Waals surface area (Å²) in [4.78, 5) is 25.7. The predicted octanol–water partition coefficient (Wildman–Crippen LogP) is 5.61. The summed E-state index contributed by atoms with van der Waals surface area (Å²) in [6, 6.07) is 17.8. The van der Waals surface area contributed by atoms with E-state index in [2.05, 4.69) is 5.43 Å². The Labute approximate surface area is 215 Å². The van der Waals surface area contributed by atoms with Gasteiger partial charge in [-0.25, -0.2) is 4.39 Å². The van der Waals surface area contributed by atoms with Gasteiger partial charge in [-0.1, -0.05) is 41.6 Å². The van der Waals surface area contributed by atoms with Crippen molar-refractivity contribution in [1.29, 1.82) is 0 Å². The predicted molar refractivity (Wildman–Crippen MR) is 138 cm³/mol. The van der Waals surface area contributed by atoms with Gasteiger partial charge in [0.1, 0.15) is 23.9 Å². The third-order valence-corrected chi connectivity index (χ3v) is 6.64. The minimum absolute atomic E-state index is 0.0165. The lowest BCUT2D eigenvalue weighted by atomic mass is 10.2. The van der Waals surface area contributed by atoms with Crippen LogP contribution in [-0.4, -0.2) is 28.3 Å². The number of ether oxygens (including phenoxy) is 2. The summed E-state index contributed by atoms with van der Waals surface area (Å²) in [5, 5.41) is 1.34. The zero-order valence-electron chi connectivity index (χ0n) is 18.3. The van der Waals surface area contributed by atoms with Gasteiger partial charge >= 0.3 is 0 Å². The quantitative estimate of drug-likeness (QED) is 0.317. The van der Waals surface area contributed by atoms with Gasteiger partial charge in [0.2, 0.25) is 0 Å². The molecule has 35 heavy (non-hydrogen) atoms. The third-order valence-electron chi connectivity index (χ3n) is 4.98. The molecule has 10 heteroatoms. The highest BCUT2D eigenvalue weighted by Crippen LogP contribution is 2.32. The Morgan fingerprint density at radius 1 is 1.11 bits per heavy atom. The van der Waals surface area contributed by atoms with Gasteiger partial charge in [0.15, 0.2) is 4.32 Å². The minimum atomic E-state index is -0.471. The van der Waals surface area contributed by atoms with E-state index in [1.54, 1.807) is 60.7 Å². The second kappa shape index (κ2) is 10.9. The van der Waals surface area contributed by atoms with Crippen molar-refractivity contribution >= 4 is 57.8 Å². The van der Waals surface area contributed by atoms with Crippen LogP contribution >= 0.6 is 35.6 Å². The zero-order valence-corrected chi connectivity index (χ0v) is 20.7. The Morgan fingerprint density at radius 3 is 2.46 bits per heavy atom. The topological polar surface area (TPSA) is 67.9 Å². The molecular weight excluding hydrogens is 511 g/mol. The highest BCUT2D eigenvalue weighted by molar-refractivity contribution is 8.26. The monoisotopic (exact) mass is 528 g/mol. The Hall–Kier alpha value is -3.40. The number of hydrogen-bond donors (Lipinski definition) is 1. The molecule has 0 radical (unpaired) electrons. The first kappa shape index (κ1) is 24.7. The number of carbonyl (C=O) groups is 2. The SMILES string of the molecule is COc1ccc(C(=O)NN2C(=O)/C(=C/c3ccc(OCc4c(F)cccc4Cl)cc3)SC2=S)cc1. The van der Waals surface area contributed by atoms with Gasteiger partial charge in [-0.05, 0) is 72.4 Å². The molecule has 0 bridgehead atoms. The Bertz CT molecular complexity index is 1290. The van der Waals surface area contributed by atoms with E-state index in [1.165, 1.54) is 19.2 Å². The lowest BCUT2D eigenvalue weighted by Crippen LogP contribution is -2.44. The van der Waals surface area contributed by atoms with E-state index in [0.717, 1.165) is 22.3 Å². The molecule has 178 valence electrons. The summed E-state index contributed by atoms with van der Waals surface area (Å²) < 4.78 is 24.8. The van der Waals surface area contributed by atoms with Crippen LogP contribution in [0.4, 0.5) is 4.39 Å². The smallest absolute Gasteiger partial charge is 0.285 e. The van der Waals surface area contributed by atoms with Crippen molar-refractivity contribution in [1.82, 2.24) is 10.4 Å². The largest absolute Gasteiger partial charge is 0.497 e. The molecule has 0 saturated carbocycles. The minimum Gasteiger partial charge on any atom is -0.497 e. The van der Waals surface area contributed by atoms with E-state index >= 15 is 0 Å². The molecular formula is C25H18ClFN2O4S2. The van der Waals surface area contributed by atoms with Gasteiger partial charge in [-0.2, -0.15) is 5.01 Å². The van der Waals surface area contributed by atoms with E-state index in [4.69, 9.17) is 33.3 Å². The van der Waals surface area contributed by atoms with Crippen molar-refractivity contribution < 1.29 is 23.5 Å². The van der Waals surface area contributed by atoms with E-state index in [9.17, 15) is 14.0 Å². The maximum atomic E-state index is 13.9. The van der Waals surface area contributed by atoms with Crippen LogP contribution in [0.15, 0.2) is 71.6 Å². The van der Waals surface area contributed by atoms with E-state index in [-0.39, 0.29) is 16.5 Å². The fourth-order valence-electron chi connectivity index (χ4n) is 3.11. The van der Waals surface area contributed by atoms with Crippen molar-refractivity contribution in [2.45, 2.75) is 6.61 Å². The maximum absolute atomic E-state index is 13.9. The van der Waals surface area contributed by atoms with Crippen molar-refractivity contribution in [3.63, 3.8) is 0 Å². The summed E-state index contributed by atoms with van der Waals surface area (Å²) in [6.45, 7) is -0.0165. The molecule has 1 fully saturated rings. The standard InChI is InChI=1S/C25H18ClFN2O4S2/c1-32-17-11-7-16(8-12-17)23(30)28-29-24(31)22(35-25(29)34)13-15-5-9-18(10-6-15)33-14-19-20(26)3-2-4-21(19)27/h2-13H,14H2,1H3,(H,28,30)/b22-13-. The third kappa shape index (κ3) is 5.82. The zero-order chi connectivity index (χ0) is 24.9. The van der Waals surface area contributed by atoms with Gasteiger partial charge in [-0.3, -0.25) is 15.0 Å². The Kier molecular flexibility index (Phi) is 7.70. The molecule has 1 saturated heterocycles. The highest BCUT2D eigenvalue weighted by Gasteiger charge is 2.33. The van der Waals surface area contributed by atoms with Crippen LogP contribution < -0.4 is 14.9 Å². The first-order chi connectivity index (χ1) is 16.9. The normalized spacial score (nSPS) is 14.4. The highest BCUT2D eigenvalue weighted by atomic mass is 35.5. The van der Waals surface area contributed by atoms with E-state index < -0.39 is 17.6 Å². The number of hydrazine groups is 1. The van der Waals surface area contributed by atoms with Crippen LogP contribution in [0, 0.1) is 5.82 Å². The Balaban J connectivity index is 1.40. The van der Waals surface area contributed by atoms with Gasteiger partial charge in [-0.15, -0.1) is 0 Å². The molecule has 0 atom stereocenters. The first-order valence-corrected chi connectivity index (χ1v) is 11.8. The molecule has 1 heterocycles. The number of methoxy groups -OCH3 is 1. The number of hydrogen-bond acceptors (Lipinski definition) is 6. The maximum Gasteiger partial charge on any atom is 0.285 e. The van der Waals surface area contributed by atoms with Gasteiger partial charge in [0, 0.05) is 11.1 Å². The number of amides is 2. The molecule has 4 rings (SSSR count).